The first-order chi connectivity index (χ1) is 21.1. The van der Waals surface area contributed by atoms with Crippen molar-refractivity contribution in [3.8, 4) is 0 Å². The van der Waals surface area contributed by atoms with Crippen molar-refractivity contribution in [1.82, 2.24) is 19.6 Å². The fourth-order valence-corrected chi connectivity index (χ4v) is 7.31. The Labute approximate surface area is 268 Å². The molecule has 0 aliphatic carbocycles. The monoisotopic (exact) mass is 629 g/mol. The van der Waals surface area contributed by atoms with Crippen LogP contribution in [0.5, 0.6) is 0 Å². The molecule has 0 spiro atoms. The molecule has 3 saturated heterocycles. The SMILES string of the molecule is CCN(C(=O)CC1CCN(C(C)=O)CC1)C1CCN(CCCN(C(=O)C2CCN(C(C)=O)CC2)c2ccc(C)c(Cl)c2)CC1. The summed E-state index contributed by atoms with van der Waals surface area (Å²) >= 11 is 6.47. The third kappa shape index (κ3) is 8.96. The summed E-state index contributed by atoms with van der Waals surface area (Å²) in [5.74, 6) is 0.841. The van der Waals surface area contributed by atoms with Gasteiger partial charge < -0.3 is 24.5 Å². The molecule has 9 nitrogen and oxygen atoms in total. The number of aryl methyl sites for hydroxylation is 1. The number of benzene rings is 1. The highest BCUT2D eigenvalue weighted by Crippen LogP contribution is 2.28. The van der Waals surface area contributed by atoms with Crippen molar-refractivity contribution in [2.45, 2.75) is 85.1 Å². The van der Waals surface area contributed by atoms with E-state index in [9.17, 15) is 19.2 Å². The highest BCUT2D eigenvalue weighted by Gasteiger charge is 2.32. The third-order valence-corrected chi connectivity index (χ3v) is 10.5. The number of rotatable bonds is 10. The number of piperidine rings is 3. The molecule has 3 aliphatic rings. The molecule has 10 heteroatoms. The maximum atomic E-state index is 13.8. The van der Waals surface area contributed by atoms with Crippen molar-refractivity contribution in [3.63, 3.8) is 0 Å². The average molecular weight is 630 g/mol. The van der Waals surface area contributed by atoms with Gasteiger partial charge in [0.15, 0.2) is 0 Å². The maximum Gasteiger partial charge on any atom is 0.230 e. The minimum Gasteiger partial charge on any atom is -0.343 e. The van der Waals surface area contributed by atoms with E-state index in [0.29, 0.717) is 49.8 Å². The summed E-state index contributed by atoms with van der Waals surface area (Å²) in [7, 11) is 0. The largest absolute Gasteiger partial charge is 0.343 e. The molecule has 3 aliphatic heterocycles. The van der Waals surface area contributed by atoms with Crippen LogP contribution in [0.4, 0.5) is 5.69 Å². The van der Waals surface area contributed by atoms with E-state index in [0.717, 1.165) is 82.6 Å². The number of hydrogen-bond acceptors (Lipinski definition) is 5. The Bertz CT molecular complexity index is 1150. The minimum atomic E-state index is -0.0966. The van der Waals surface area contributed by atoms with Crippen LogP contribution in [-0.4, -0.2) is 108 Å². The highest BCUT2D eigenvalue weighted by atomic mass is 35.5. The maximum absolute atomic E-state index is 13.8. The zero-order chi connectivity index (χ0) is 31.8. The van der Waals surface area contributed by atoms with Gasteiger partial charge in [-0.25, -0.2) is 0 Å². The van der Waals surface area contributed by atoms with Crippen LogP contribution in [0.15, 0.2) is 18.2 Å². The van der Waals surface area contributed by atoms with Crippen LogP contribution in [0.1, 0.15) is 77.7 Å². The summed E-state index contributed by atoms with van der Waals surface area (Å²) < 4.78 is 0. The van der Waals surface area contributed by atoms with Crippen molar-refractivity contribution >= 4 is 40.9 Å². The lowest BCUT2D eigenvalue weighted by atomic mass is 9.92. The van der Waals surface area contributed by atoms with Gasteiger partial charge in [0.2, 0.25) is 23.6 Å². The summed E-state index contributed by atoms with van der Waals surface area (Å²) in [6.07, 6.45) is 6.56. The van der Waals surface area contributed by atoms with Gasteiger partial charge in [-0.05, 0) is 89.0 Å². The molecule has 1 aromatic rings. The predicted octanol–water partition coefficient (Wildman–Crippen LogP) is 4.59. The molecular weight excluding hydrogens is 578 g/mol. The van der Waals surface area contributed by atoms with Gasteiger partial charge in [0.25, 0.3) is 0 Å². The normalized spacial score (nSPS) is 19.2. The van der Waals surface area contributed by atoms with Crippen LogP contribution in [0.25, 0.3) is 0 Å². The van der Waals surface area contributed by atoms with Gasteiger partial charge in [-0.2, -0.15) is 0 Å². The van der Waals surface area contributed by atoms with E-state index in [1.54, 1.807) is 13.8 Å². The Balaban J connectivity index is 1.27. The van der Waals surface area contributed by atoms with Crippen molar-refractivity contribution in [1.29, 1.82) is 0 Å². The molecule has 3 fully saturated rings. The van der Waals surface area contributed by atoms with Gasteiger partial charge >= 0.3 is 0 Å². The molecule has 4 rings (SSSR count). The second-order valence-corrected chi connectivity index (χ2v) is 13.4. The lowest BCUT2D eigenvalue weighted by molar-refractivity contribution is -0.136. The van der Waals surface area contributed by atoms with Crippen LogP contribution in [0.3, 0.4) is 0 Å². The average Bonchev–Trinajstić information content (AvgIpc) is 3.02. The topological polar surface area (TPSA) is 84.5 Å². The molecule has 1 aromatic carbocycles. The van der Waals surface area contributed by atoms with Gasteiger partial charge in [-0.1, -0.05) is 17.7 Å². The second kappa shape index (κ2) is 16.1. The number of nitrogens with zero attached hydrogens (tertiary/aromatic N) is 5. The molecule has 0 N–H and O–H groups in total. The van der Waals surface area contributed by atoms with E-state index in [1.165, 1.54) is 0 Å². The van der Waals surface area contributed by atoms with Gasteiger partial charge in [0.1, 0.15) is 0 Å². The first kappa shape index (κ1) is 34.2. The van der Waals surface area contributed by atoms with Crippen molar-refractivity contribution in [3.05, 3.63) is 28.8 Å². The number of anilines is 1. The van der Waals surface area contributed by atoms with Crippen LogP contribution in [-0.2, 0) is 19.2 Å². The third-order valence-electron chi connectivity index (χ3n) is 10.1. The Morgan fingerprint density at radius 2 is 1.45 bits per heavy atom. The van der Waals surface area contributed by atoms with E-state index in [-0.39, 0.29) is 35.6 Å². The minimum absolute atomic E-state index is 0.0692. The standard InChI is InChI=1S/C34H52ClN5O4/c1-5-39(33(43)23-28-9-19-37(20-10-28)26(3)41)30-13-17-36(18-14-30)15-6-16-40(31-8-7-25(2)32(35)24-31)34(44)29-11-21-38(22-12-29)27(4)42/h7-8,24,28-30H,5-6,9-23H2,1-4H3. The molecular formula is C34H52ClN5O4. The lowest BCUT2D eigenvalue weighted by Crippen LogP contribution is -2.48. The smallest absolute Gasteiger partial charge is 0.230 e. The molecule has 0 bridgehead atoms. The Hall–Kier alpha value is -2.65. The van der Waals surface area contributed by atoms with Gasteiger partial charge in [-0.3, -0.25) is 19.2 Å². The first-order valence-corrected chi connectivity index (χ1v) is 17.1. The zero-order valence-electron chi connectivity index (χ0n) is 27.2. The first-order valence-electron chi connectivity index (χ1n) is 16.7. The van der Waals surface area contributed by atoms with Crippen LogP contribution >= 0.6 is 11.6 Å². The summed E-state index contributed by atoms with van der Waals surface area (Å²) in [5.41, 5.74) is 1.82. The zero-order valence-corrected chi connectivity index (χ0v) is 28.0. The van der Waals surface area contributed by atoms with E-state index in [1.807, 2.05) is 39.8 Å². The van der Waals surface area contributed by atoms with E-state index < -0.39 is 0 Å². The molecule has 0 atom stereocenters. The number of halogens is 1. The fraction of sp³-hybridized carbons (Fsp3) is 0.706. The Morgan fingerprint density at radius 3 is 2.00 bits per heavy atom. The van der Waals surface area contributed by atoms with Crippen LogP contribution < -0.4 is 4.90 Å². The Kier molecular flexibility index (Phi) is 12.5. The number of amides is 4. The lowest BCUT2D eigenvalue weighted by Gasteiger charge is -2.39. The molecule has 0 unspecified atom stereocenters. The summed E-state index contributed by atoms with van der Waals surface area (Å²) in [6.45, 7) is 14.2. The summed E-state index contributed by atoms with van der Waals surface area (Å²) in [4.78, 5) is 60.6. The molecule has 44 heavy (non-hydrogen) atoms. The van der Waals surface area contributed by atoms with Crippen LogP contribution in [0, 0.1) is 18.8 Å². The second-order valence-electron chi connectivity index (χ2n) is 13.0. The number of carbonyl (C=O) groups excluding carboxylic acids is 4. The quantitative estimate of drug-likeness (QED) is 0.378. The molecule has 0 saturated carbocycles. The van der Waals surface area contributed by atoms with Crippen molar-refractivity contribution in [2.24, 2.45) is 11.8 Å². The summed E-state index contributed by atoms with van der Waals surface area (Å²) in [6, 6.07) is 6.12. The van der Waals surface area contributed by atoms with Crippen LogP contribution in [0.2, 0.25) is 5.02 Å². The van der Waals surface area contributed by atoms with E-state index in [2.05, 4.69) is 16.7 Å². The van der Waals surface area contributed by atoms with Gasteiger partial charge in [-0.15, -0.1) is 0 Å². The fourth-order valence-electron chi connectivity index (χ4n) is 7.14. The van der Waals surface area contributed by atoms with Gasteiger partial charge in [0, 0.05) is 95.3 Å². The van der Waals surface area contributed by atoms with E-state index >= 15 is 0 Å². The van der Waals surface area contributed by atoms with E-state index in [4.69, 9.17) is 11.6 Å². The number of carbonyl (C=O) groups is 4. The molecule has 0 radical (unpaired) electrons. The molecule has 4 amide bonds. The Morgan fingerprint density at radius 1 is 0.864 bits per heavy atom. The van der Waals surface area contributed by atoms with Crippen molar-refractivity contribution < 1.29 is 19.2 Å². The summed E-state index contributed by atoms with van der Waals surface area (Å²) in [5, 5.41) is 0.658. The van der Waals surface area contributed by atoms with Gasteiger partial charge in [0.05, 0.1) is 0 Å². The number of likely N-dealkylation sites (tertiary alicyclic amines) is 3. The van der Waals surface area contributed by atoms with Crippen molar-refractivity contribution in [2.75, 3.05) is 63.8 Å². The number of hydrogen-bond donors (Lipinski definition) is 0. The molecule has 244 valence electrons. The highest BCUT2D eigenvalue weighted by molar-refractivity contribution is 6.31. The predicted molar refractivity (Wildman–Crippen MR) is 175 cm³/mol. The molecule has 0 aromatic heterocycles. The molecule has 3 heterocycles.